The van der Waals surface area contributed by atoms with Gasteiger partial charge in [0.05, 0.1) is 11.0 Å². The van der Waals surface area contributed by atoms with Gasteiger partial charge in [0.25, 0.3) is 0 Å². The minimum atomic E-state index is 0.246. The lowest BCUT2D eigenvalue weighted by molar-refractivity contribution is 0.0972. The Morgan fingerprint density at radius 1 is 1.16 bits per heavy atom. The number of hydrogen-bond donors (Lipinski definition) is 1. The van der Waals surface area contributed by atoms with E-state index >= 15 is 0 Å². The van der Waals surface area contributed by atoms with Gasteiger partial charge in [-0.05, 0) is 31.0 Å². The molecule has 19 heavy (non-hydrogen) atoms. The van der Waals surface area contributed by atoms with E-state index in [4.69, 9.17) is 0 Å². The van der Waals surface area contributed by atoms with Crippen molar-refractivity contribution >= 4 is 16.8 Å². The predicted molar refractivity (Wildman–Crippen MR) is 72.7 cm³/mol. The van der Waals surface area contributed by atoms with Crippen LogP contribution >= 0.6 is 0 Å². The quantitative estimate of drug-likeness (QED) is 0.723. The molecule has 4 heteroatoms. The van der Waals surface area contributed by atoms with E-state index in [-0.39, 0.29) is 5.78 Å². The summed E-state index contributed by atoms with van der Waals surface area (Å²) in [5.41, 5.74) is 3.89. The van der Waals surface area contributed by atoms with Crippen LogP contribution in [0.2, 0.25) is 0 Å². The van der Waals surface area contributed by atoms with E-state index in [1.807, 2.05) is 41.1 Å². The van der Waals surface area contributed by atoms with Crippen LogP contribution in [0.5, 0.6) is 0 Å². The molecule has 1 aliphatic carbocycles. The fourth-order valence-corrected chi connectivity index (χ4v) is 2.78. The summed E-state index contributed by atoms with van der Waals surface area (Å²) in [7, 11) is 0. The number of imidazole rings is 1. The van der Waals surface area contributed by atoms with E-state index in [2.05, 4.69) is 9.97 Å². The molecule has 0 radical (unpaired) electrons. The lowest BCUT2D eigenvalue weighted by Gasteiger charge is -2.13. The summed E-state index contributed by atoms with van der Waals surface area (Å²) in [6.07, 6.45) is 4.46. The number of carbonyl (C=O) groups is 1. The number of para-hydroxylation sites is 2. The van der Waals surface area contributed by atoms with Crippen LogP contribution in [0, 0.1) is 0 Å². The molecule has 0 spiro atoms. The number of hydrogen-bond acceptors (Lipinski definition) is 2. The third kappa shape index (κ3) is 1.53. The van der Waals surface area contributed by atoms with Gasteiger partial charge in [-0.3, -0.25) is 9.36 Å². The van der Waals surface area contributed by atoms with Crippen molar-refractivity contribution in [2.75, 3.05) is 0 Å². The van der Waals surface area contributed by atoms with Crippen molar-refractivity contribution in [1.82, 2.24) is 14.5 Å². The first-order valence-corrected chi connectivity index (χ1v) is 6.51. The zero-order valence-corrected chi connectivity index (χ0v) is 10.4. The van der Waals surface area contributed by atoms with Crippen molar-refractivity contribution in [3.8, 4) is 5.95 Å². The fourth-order valence-electron chi connectivity index (χ4n) is 2.78. The number of nitrogens with one attached hydrogen (secondary N) is 1. The first kappa shape index (κ1) is 10.6. The first-order valence-electron chi connectivity index (χ1n) is 6.51. The highest BCUT2D eigenvalue weighted by Gasteiger charge is 2.21. The molecule has 2 aromatic heterocycles. The van der Waals surface area contributed by atoms with Gasteiger partial charge in [-0.2, -0.15) is 0 Å². The number of benzene rings is 1. The molecule has 0 atom stereocenters. The van der Waals surface area contributed by atoms with Gasteiger partial charge in [0, 0.05) is 23.9 Å². The maximum Gasteiger partial charge on any atom is 0.212 e. The Labute approximate surface area is 110 Å². The van der Waals surface area contributed by atoms with Gasteiger partial charge in [0.1, 0.15) is 0 Å². The Kier molecular flexibility index (Phi) is 2.12. The molecule has 1 N–H and O–H groups in total. The molecule has 0 amide bonds. The molecule has 0 bridgehead atoms. The van der Waals surface area contributed by atoms with Crippen LogP contribution in [-0.2, 0) is 6.42 Å². The summed E-state index contributed by atoms with van der Waals surface area (Å²) in [6, 6.07) is 9.86. The molecular formula is C15H13N3O. The Balaban J connectivity index is 1.90. The second-order valence-electron chi connectivity index (χ2n) is 4.90. The molecule has 0 aliphatic heterocycles. The van der Waals surface area contributed by atoms with E-state index in [0.29, 0.717) is 6.42 Å². The second kappa shape index (κ2) is 3.82. The van der Waals surface area contributed by atoms with Crippen LogP contribution in [0.25, 0.3) is 17.0 Å². The largest absolute Gasteiger partial charge is 0.323 e. The minimum Gasteiger partial charge on any atom is -0.323 e. The fraction of sp³-hybridized carbons (Fsp3) is 0.200. The third-order valence-corrected chi connectivity index (χ3v) is 3.71. The van der Waals surface area contributed by atoms with E-state index in [1.165, 1.54) is 0 Å². The van der Waals surface area contributed by atoms with Crippen molar-refractivity contribution in [3.05, 3.63) is 47.8 Å². The van der Waals surface area contributed by atoms with Gasteiger partial charge < -0.3 is 4.98 Å². The predicted octanol–water partition coefficient (Wildman–Crippen LogP) is 2.87. The van der Waals surface area contributed by atoms with Crippen LogP contribution in [0.1, 0.15) is 28.9 Å². The van der Waals surface area contributed by atoms with Crippen LogP contribution in [0.3, 0.4) is 0 Å². The topological polar surface area (TPSA) is 50.7 Å². The van der Waals surface area contributed by atoms with E-state index < -0.39 is 0 Å². The standard InChI is InChI=1S/C15H13N3O/c19-14-7-3-6-13-10(14)8-9-18(13)15-16-11-4-1-2-5-12(11)17-15/h1-2,4-5,8-9H,3,6-7H2,(H,16,17). The number of ketones is 1. The van der Waals surface area contributed by atoms with Crippen LogP contribution in [0.15, 0.2) is 36.5 Å². The highest BCUT2D eigenvalue weighted by molar-refractivity contribution is 5.98. The van der Waals surface area contributed by atoms with Gasteiger partial charge in [0.2, 0.25) is 5.95 Å². The van der Waals surface area contributed by atoms with Crippen LogP contribution in [0.4, 0.5) is 0 Å². The maximum atomic E-state index is 11.9. The van der Waals surface area contributed by atoms with E-state index in [9.17, 15) is 4.79 Å². The smallest absolute Gasteiger partial charge is 0.212 e. The normalized spacial score (nSPS) is 14.8. The number of rotatable bonds is 1. The highest BCUT2D eigenvalue weighted by Crippen LogP contribution is 2.25. The molecule has 0 saturated heterocycles. The summed E-state index contributed by atoms with van der Waals surface area (Å²) in [4.78, 5) is 19.7. The monoisotopic (exact) mass is 251 g/mol. The lowest BCUT2D eigenvalue weighted by atomic mass is 9.97. The molecule has 94 valence electrons. The molecule has 4 rings (SSSR count). The zero-order chi connectivity index (χ0) is 12.8. The molecule has 0 fully saturated rings. The molecule has 2 heterocycles. The summed E-state index contributed by atoms with van der Waals surface area (Å²) in [5.74, 6) is 1.04. The summed E-state index contributed by atoms with van der Waals surface area (Å²) in [5, 5.41) is 0. The average molecular weight is 251 g/mol. The van der Waals surface area contributed by atoms with Crippen LogP contribution in [-0.4, -0.2) is 20.3 Å². The number of H-pyrrole nitrogens is 1. The molecule has 1 aliphatic rings. The molecule has 0 unspecified atom stereocenters. The van der Waals surface area contributed by atoms with E-state index in [0.717, 1.165) is 41.1 Å². The number of aromatic nitrogens is 3. The van der Waals surface area contributed by atoms with Gasteiger partial charge in [0.15, 0.2) is 5.78 Å². The van der Waals surface area contributed by atoms with Crippen molar-refractivity contribution in [1.29, 1.82) is 0 Å². The Hall–Kier alpha value is -2.36. The van der Waals surface area contributed by atoms with Gasteiger partial charge in [-0.1, -0.05) is 12.1 Å². The SMILES string of the molecule is O=C1CCCc2c1ccn2-c1nc2ccccc2[nH]1. The van der Waals surface area contributed by atoms with Crippen LogP contribution < -0.4 is 0 Å². The second-order valence-corrected chi connectivity index (χ2v) is 4.90. The molecule has 3 aromatic rings. The third-order valence-electron chi connectivity index (χ3n) is 3.71. The van der Waals surface area contributed by atoms with Gasteiger partial charge in [-0.25, -0.2) is 4.98 Å². The number of fused-ring (bicyclic) bond motifs is 2. The first-order chi connectivity index (χ1) is 9.33. The van der Waals surface area contributed by atoms with Gasteiger partial charge >= 0.3 is 0 Å². The van der Waals surface area contributed by atoms with Crippen molar-refractivity contribution in [2.45, 2.75) is 19.3 Å². The summed E-state index contributed by atoms with van der Waals surface area (Å²) < 4.78 is 2.01. The highest BCUT2D eigenvalue weighted by atomic mass is 16.1. The lowest BCUT2D eigenvalue weighted by Crippen LogP contribution is -2.12. The molecular weight excluding hydrogens is 238 g/mol. The van der Waals surface area contributed by atoms with Crippen molar-refractivity contribution in [3.63, 3.8) is 0 Å². The van der Waals surface area contributed by atoms with Crippen molar-refractivity contribution in [2.24, 2.45) is 0 Å². The Bertz CT molecular complexity index is 749. The summed E-state index contributed by atoms with van der Waals surface area (Å²) in [6.45, 7) is 0. The molecule has 4 nitrogen and oxygen atoms in total. The van der Waals surface area contributed by atoms with E-state index in [1.54, 1.807) is 0 Å². The Morgan fingerprint density at radius 3 is 2.95 bits per heavy atom. The zero-order valence-electron chi connectivity index (χ0n) is 10.4. The number of Topliss-reactive ketones (excluding diaryl/α,β-unsaturated/α-hetero) is 1. The minimum absolute atomic E-state index is 0.246. The number of aromatic amines is 1. The number of carbonyl (C=O) groups excluding carboxylic acids is 1. The average Bonchev–Trinajstić information content (AvgIpc) is 3.02. The Morgan fingerprint density at radius 2 is 2.05 bits per heavy atom. The van der Waals surface area contributed by atoms with Gasteiger partial charge in [-0.15, -0.1) is 0 Å². The van der Waals surface area contributed by atoms with Crippen molar-refractivity contribution < 1.29 is 4.79 Å². The summed E-state index contributed by atoms with van der Waals surface area (Å²) >= 11 is 0. The molecule has 1 aromatic carbocycles. The maximum absolute atomic E-state index is 11.9. The number of nitrogens with zero attached hydrogens (tertiary/aromatic N) is 2. The molecule has 0 saturated carbocycles.